The lowest BCUT2D eigenvalue weighted by Crippen LogP contribution is -2.27. The van der Waals surface area contributed by atoms with Crippen LogP contribution in [0.25, 0.3) is 55.0 Å². The van der Waals surface area contributed by atoms with E-state index >= 15 is 0 Å². The lowest BCUT2D eigenvalue weighted by Gasteiger charge is -2.03. The maximum atomic E-state index is 2.40. The summed E-state index contributed by atoms with van der Waals surface area (Å²) < 4.78 is 9.20. The highest BCUT2D eigenvalue weighted by atomic mass is 15.1. The lowest BCUT2D eigenvalue weighted by molar-refractivity contribution is -0.594. The SMILES string of the molecule is CCn1c2ccccc2c2cc(-n3cc[n+](-c4ccc5c(c4)c4ccccc4n5CC)c3)ccc21. The first kappa shape index (κ1) is 20.1. The number of benzene rings is 4. The van der Waals surface area contributed by atoms with E-state index in [1.807, 2.05) is 0 Å². The van der Waals surface area contributed by atoms with E-state index in [9.17, 15) is 0 Å². The fourth-order valence-corrected chi connectivity index (χ4v) is 5.75. The van der Waals surface area contributed by atoms with Crippen LogP contribution in [0.4, 0.5) is 0 Å². The average molecular weight is 456 g/mol. The van der Waals surface area contributed by atoms with E-state index in [1.54, 1.807) is 0 Å². The molecule has 170 valence electrons. The largest absolute Gasteiger partial charge is 0.341 e. The molecule has 4 heteroatoms. The molecule has 7 aromatic rings. The molecule has 0 N–H and O–H groups in total. The monoisotopic (exact) mass is 455 g/mol. The summed E-state index contributed by atoms with van der Waals surface area (Å²) in [7, 11) is 0. The van der Waals surface area contributed by atoms with Crippen LogP contribution in [0.5, 0.6) is 0 Å². The Labute approximate surface area is 203 Å². The summed E-state index contributed by atoms with van der Waals surface area (Å²) in [6, 6.07) is 31.0. The maximum absolute atomic E-state index is 2.40. The molecule has 4 aromatic carbocycles. The van der Waals surface area contributed by atoms with Crippen molar-refractivity contribution in [3.05, 3.63) is 104 Å². The fourth-order valence-electron chi connectivity index (χ4n) is 5.75. The lowest BCUT2D eigenvalue weighted by atomic mass is 10.1. The molecular weight excluding hydrogens is 428 g/mol. The Morgan fingerprint density at radius 3 is 1.83 bits per heavy atom. The van der Waals surface area contributed by atoms with Gasteiger partial charge in [-0.15, -0.1) is 0 Å². The predicted molar refractivity (Wildman–Crippen MR) is 145 cm³/mol. The van der Waals surface area contributed by atoms with Gasteiger partial charge in [-0.1, -0.05) is 36.4 Å². The highest BCUT2D eigenvalue weighted by molar-refractivity contribution is 6.09. The van der Waals surface area contributed by atoms with Crippen LogP contribution >= 0.6 is 0 Å². The second kappa shape index (κ2) is 7.60. The molecule has 0 radical (unpaired) electrons. The van der Waals surface area contributed by atoms with Crippen LogP contribution in [-0.4, -0.2) is 13.7 Å². The van der Waals surface area contributed by atoms with Crippen molar-refractivity contribution in [2.45, 2.75) is 26.9 Å². The van der Waals surface area contributed by atoms with Crippen molar-refractivity contribution in [2.75, 3.05) is 0 Å². The van der Waals surface area contributed by atoms with E-state index < -0.39 is 0 Å². The maximum Gasteiger partial charge on any atom is 0.254 e. The minimum atomic E-state index is 0.962. The first-order valence-corrected chi connectivity index (χ1v) is 12.4. The summed E-state index contributed by atoms with van der Waals surface area (Å²) in [6.45, 7) is 6.35. The zero-order valence-corrected chi connectivity index (χ0v) is 20.0. The molecule has 0 unspecified atom stereocenters. The molecule has 0 saturated heterocycles. The molecule has 7 rings (SSSR count). The summed E-state index contributed by atoms with van der Waals surface area (Å²) in [5.41, 5.74) is 7.50. The number of imidazole rings is 1. The molecule has 0 spiro atoms. The van der Waals surface area contributed by atoms with Crippen LogP contribution in [-0.2, 0) is 13.1 Å². The van der Waals surface area contributed by atoms with Crippen molar-refractivity contribution >= 4 is 43.6 Å². The van der Waals surface area contributed by atoms with Gasteiger partial charge in [0.25, 0.3) is 6.33 Å². The van der Waals surface area contributed by atoms with Gasteiger partial charge in [0.1, 0.15) is 23.8 Å². The van der Waals surface area contributed by atoms with Crippen LogP contribution < -0.4 is 4.57 Å². The molecule has 0 aliphatic carbocycles. The quantitative estimate of drug-likeness (QED) is 0.254. The van der Waals surface area contributed by atoms with E-state index in [0.29, 0.717) is 0 Å². The molecule has 3 heterocycles. The topological polar surface area (TPSA) is 18.7 Å². The molecular formula is C31H27N4+. The average Bonchev–Trinajstić information content (AvgIpc) is 3.60. The Morgan fingerprint density at radius 1 is 0.600 bits per heavy atom. The van der Waals surface area contributed by atoms with Crippen molar-refractivity contribution in [2.24, 2.45) is 0 Å². The number of fused-ring (bicyclic) bond motifs is 6. The second-order valence-electron chi connectivity index (χ2n) is 9.15. The third kappa shape index (κ3) is 2.89. The summed E-state index contributed by atoms with van der Waals surface area (Å²) in [5, 5.41) is 5.22. The van der Waals surface area contributed by atoms with E-state index in [4.69, 9.17) is 0 Å². The van der Waals surface area contributed by atoms with Gasteiger partial charge in [0, 0.05) is 56.7 Å². The number of para-hydroxylation sites is 2. The van der Waals surface area contributed by atoms with Gasteiger partial charge >= 0.3 is 0 Å². The van der Waals surface area contributed by atoms with E-state index in [1.165, 1.54) is 55.0 Å². The summed E-state index contributed by atoms with van der Waals surface area (Å²) in [5.74, 6) is 0. The molecule has 3 aromatic heterocycles. The van der Waals surface area contributed by atoms with Crippen LogP contribution in [0.15, 0.2) is 104 Å². The molecule has 0 atom stereocenters. The van der Waals surface area contributed by atoms with Crippen LogP contribution in [0.1, 0.15) is 13.8 Å². The Kier molecular flexibility index (Phi) is 4.37. The van der Waals surface area contributed by atoms with Gasteiger partial charge in [0.15, 0.2) is 0 Å². The number of hydrogen-bond acceptors (Lipinski definition) is 0. The molecule has 4 nitrogen and oxygen atoms in total. The Hall–Kier alpha value is -4.31. The van der Waals surface area contributed by atoms with Gasteiger partial charge in [0.05, 0.1) is 0 Å². The van der Waals surface area contributed by atoms with Crippen molar-refractivity contribution in [3.63, 3.8) is 0 Å². The van der Waals surface area contributed by atoms with Gasteiger partial charge in [-0.3, -0.25) is 0 Å². The zero-order chi connectivity index (χ0) is 23.5. The van der Waals surface area contributed by atoms with Gasteiger partial charge in [-0.25, -0.2) is 9.13 Å². The molecule has 35 heavy (non-hydrogen) atoms. The van der Waals surface area contributed by atoms with Gasteiger partial charge < -0.3 is 9.13 Å². The number of nitrogens with zero attached hydrogens (tertiary/aromatic N) is 4. The molecule has 0 bridgehead atoms. The van der Waals surface area contributed by atoms with Crippen LogP contribution in [0.2, 0.25) is 0 Å². The molecule has 0 amide bonds. The normalized spacial score (nSPS) is 11.9. The Bertz CT molecular complexity index is 1740. The van der Waals surface area contributed by atoms with Crippen molar-refractivity contribution < 1.29 is 4.57 Å². The molecule has 0 aliphatic heterocycles. The van der Waals surface area contributed by atoms with Crippen molar-refractivity contribution in [3.8, 4) is 11.4 Å². The van der Waals surface area contributed by atoms with Crippen LogP contribution in [0, 0.1) is 0 Å². The third-order valence-electron chi connectivity index (χ3n) is 7.38. The van der Waals surface area contributed by atoms with Gasteiger partial charge in [-0.05, 0) is 62.4 Å². The highest BCUT2D eigenvalue weighted by Gasteiger charge is 2.15. The number of aromatic nitrogens is 4. The van der Waals surface area contributed by atoms with Gasteiger partial charge in [0.2, 0.25) is 0 Å². The van der Waals surface area contributed by atoms with Crippen LogP contribution in [0.3, 0.4) is 0 Å². The Morgan fingerprint density at radius 2 is 1.17 bits per heavy atom. The third-order valence-corrected chi connectivity index (χ3v) is 7.38. The van der Waals surface area contributed by atoms with Crippen molar-refractivity contribution in [1.82, 2.24) is 13.7 Å². The fraction of sp³-hybridized carbons (Fsp3) is 0.129. The second-order valence-corrected chi connectivity index (χ2v) is 9.15. The van der Waals surface area contributed by atoms with E-state index in [2.05, 4.69) is 136 Å². The van der Waals surface area contributed by atoms with Crippen molar-refractivity contribution in [1.29, 1.82) is 0 Å². The molecule has 0 aliphatic rings. The van der Waals surface area contributed by atoms with E-state index in [-0.39, 0.29) is 0 Å². The van der Waals surface area contributed by atoms with Gasteiger partial charge in [-0.2, -0.15) is 0 Å². The zero-order valence-electron chi connectivity index (χ0n) is 20.0. The molecule has 0 saturated carbocycles. The Balaban J connectivity index is 1.35. The first-order valence-electron chi connectivity index (χ1n) is 12.4. The number of hydrogen-bond donors (Lipinski definition) is 0. The number of aryl methyl sites for hydroxylation is 2. The molecule has 0 fully saturated rings. The summed E-state index contributed by atoms with van der Waals surface area (Å²) in [6.07, 6.45) is 6.44. The standard InChI is InChI=1S/C31H27N4/c1-3-34-28-11-7-5-9-24(28)26-19-22(13-15-30(26)34)32-17-18-33(21-32)23-14-16-31-27(20-23)25-10-6-8-12-29(25)35(31)4-2/h5-21H,3-4H2,1-2H3/q+1. The smallest absolute Gasteiger partial charge is 0.254 e. The number of rotatable bonds is 4. The summed E-state index contributed by atoms with van der Waals surface area (Å²) in [4.78, 5) is 0. The highest BCUT2D eigenvalue weighted by Crippen LogP contribution is 2.31. The van der Waals surface area contributed by atoms with E-state index in [0.717, 1.165) is 13.1 Å². The first-order chi connectivity index (χ1) is 17.3. The summed E-state index contributed by atoms with van der Waals surface area (Å²) >= 11 is 0. The minimum absolute atomic E-state index is 0.962. The minimum Gasteiger partial charge on any atom is -0.341 e. The predicted octanol–water partition coefficient (Wildman–Crippen LogP) is 7.01.